The SMILES string of the molecule is CCNCc1nnc(C2CCCCC2)o1. The van der Waals surface area contributed by atoms with Crippen LogP contribution in [0.25, 0.3) is 0 Å². The smallest absolute Gasteiger partial charge is 0.230 e. The first-order valence-electron chi connectivity index (χ1n) is 5.93. The van der Waals surface area contributed by atoms with E-state index >= 15 is 0 Å². The molecule has 0 unspecified atom stereocenters. The lowest BCUT2D eigenvalue weighted by molar-refractivity contribution is 0.347. The van der Waals surface area contributed by atoms with E-state index in [0.29, 0.717) is 12.5 Å². The van der Waals surface area contributed by atoms with Crippen LogP contribution in [0.4, 0.5) is 0 Å². The lowest BCUT2D eigenvalue weighted by atomic mass is 9.89. The highest BCUT2D eigenvalue weighted by Crippen LogP contribution is 2.31. The third kappa shape index (κ3) is 2.78. The van der Waals surface area contributed by atoms with E-state index in [1.165, 1.54) is 32.1 Å². The van der Waals surface area contributed by atoms with Crippen LogP contribution >= 0.6 is 0 Å². The normalized spacial score (nSPS) is 18.2. The molecule has 0 radical (unpaired) electrons. The Labute approximate surface area is 90.5 Å². The zero-order chi connectivity index (χ0) is 10.5. The average Bonchev–Trinajstić information content (AvgIpc) is 2.76. The van der Waals surface area contributed by atoms with Crippen molar-refractivity contribution in [3.8, 4) is 0 Å². The van der Waals surface area contributed by atoms with E-state index < -0.39 is 0 Å². The molecular formula is C11H19N3O. The monoisotopic (exact) mass is 209 g/mol. The molecule has 1 aromatic rings. The summed E-state index contributed by atoms with van der Waals surface area (Å²) >= 11 is 0. The maximum Gasteiger partial charge on any atom is 0.230 e. The summed E-state index contributed by atoms with van der Waals surface area (Å²) in [5.41, 5.74) is 0. The average molecular weight is 209 g/mol. The van der Waals surface area contributed by atoms with E-state index in [2.05, 4.69) is 22.4 Å². The second kappa shape index (κ2) is 5.26. The van der Waals surface area contributed by atoms with Crippen molar-refractivity contribution in [3.05, 3.63) is 11.8 Å². The van der Waals surface area contributed by atoms with Crippen LogP contribution in [0.1, 0.15) is 56.7 Å². The van der Waals surface area contributed by atoms with Gasteiger partial charge in [0.05, 0.1) is 6.54 Å². The molecule has 1 aromatic heterocycles. The van der Waals surface area contributed by atoms with Gasteiger partial charge in [0.25, 0.3) is 0 Å². The number of hydrogen-bond acceptors (Lipinski definition) is 4. The van der Waals surface area contributed by atoms with E-state index in [4.69, 9.17) is 4.42 Å². The van der Waals surface area contributed by atoms with Crippen molar-refractivity contribution in [2.45, 2.75) is 51.5 Å². The fraction of sp³-hybridized carbons (Fsp3) is 0.818. The summed E-state index contributed by atoms with van der Waals surface area (Å²) in [6.45, 7) is 3.69. The van der Waals surface area contributed by atoms with E-state index in [1.807, 2.05) is 0 Å². The van der Waals surface area contributed by atoms with Crippen LogP contribution < -0.4 is 5.32 Å². The number of nitrogens with zero attached hydrogens (tertiary/aromatic N) is 2. The van der Waals surface area contributed by atoms with Gasteiger partial charge in [-0.1, -0.05) is 26.2 Å². The van der Waals surface area contributed by atoms with Crippen molar-refractivity contribution < 1.29 is 4.42 Å². The van der Waals surface area contributed by atoms with Crippen molar-refractivity contribution in [1.82, 2.24) is 15.5 Å². The maximum absolute atomic E-state index is 5.64. The topological polar surface area (TPSA) is 51.0 Å². The molecule has 1 heterocycles. The predicted molar refractivity (Wildman–Crippen MR) is 57.5 cm³/mol. The van der Waals surface area contributed by atoms with Gasteiger partial charge in [0.15, 0.2) is 0 Å². The molecule has 1 aliphatic carbocycles. The summed E-state index contributed by atoms with van der Waals surface area (Å²) in [4.78, 5) is 0. The minimum Gasteiger partial charge on any atom is -0.424 e. The lowest BCUT2D eigenvalue weighted by Gasteiger charge is -2.17. The van der Waals surface area contributed by atoms with Crippen LogP contribution in [0.15, 0.2) is 4.42 Å². The van der Waals surface area contributed by atoms with Crippen molar-refractivity contribution in [2.75, 3.05) is 6.54 Å². The van der Waals surface area contributed by atoms with Gasteiger partial charge in [0, 0.05) is 5.92 Å². The molecule has 1 aliphatic rings. The van der Waals surface area contributed by atoms with Gasteiger partial charge in [-0.3, -0.25) is 0 Å². The predicted octanol–water partition coefficient (Wildman–Crippen LogP) is 2.23. The zero-order valence-electron chi connectivity index (χ0n) is 9.33. The molecule has 2 rings (SSSR count). The summed E-state index contributed by atoms with van der Waals surface area (Å²) in [7, 11) is 0. The second-order valence-electron chi connectivity index (χ2n) is 4.15. The van der Waals surface area contributed by atoms with E-state index in [9.17, 15) is 0 Å². The van der Waals surface area contributed by atoms with Gasteiger partial charge in [-0.2, -0.15) is 0 Å². The van der Waals surface area contributed by atoms with Crippen LogP contribution in [0, 0.1) is 0 Å². The summed E-state index contributed by atoms with van der Waals surface area (Å²) < 4.78 is 5.64. The van der Waals surface area contributed by atoms with Crippen LogP contribution in [-0.4, -0.2) is 16.7 Å². The first-order chi connectivity index (χ1) is 7.40. The Hall–Kier alpha value is -0.900. The molecule has 4 nitrogen and oxygen atoms in total. The van der Waals surface area contributed by atoms with Gasteiger partial charge < -0.3 is 9.73 Å². The Morgan fingerprint density at radius 3 is 2.80 bits per heavy atom. The second-order valence-corrected chi connectivity index (χ2v) is 4.15. The molecule has 0 aromatic carbocycles. The molecule has 84 valence electrons. The zero-order valence-corrected chi connectivity index (χ0v) is 9.33. The number of aromatic nitrogens is 2. The Morgan fingerprint density at radius 2 is 2.07 bits per heavy atom. The van der Waals surface area contributed by atoms with Gasteiger partial charge in [-0.05, 0) is 19.4 Å². The molecule has 1 N–H and O–H groups in total. The standard InChI is InChI=1S/C11H19N3O/c1-2-12-8-10-13-14-11(15-10)9-6-4-3-5-7-9/h9,12H,2-8H2,1H3. The molecule has 1 saturated carbocycles. The summed E-state index contributed by atoms with van der Waals surface area (Å²) in [6.07, 6.45) is 6.38. The van der Waals surface area contributed by atoms with E-state index in [0.717, 1.165) is 18.3 Å². The molecule has 0 amide bonds. The molecule has 0 spiro atoms. The van der Waals surface area contributed by atoms with Gasteiger partial charge in [0.2, 0.25) is 11.8 Å². The van der Waals surface area contributed by atoms with Gasteiger partial charge in [-0.15, -0.1) is 10.2 Å². The minimum absolute atomic E-state index is 0.515. The molecule has 4 heteroatoms. The van der Waals surface area contributed by atoms with Crippen molar-refractivity contribution in [3.63, 3.8) is 0 Å². The summed E-state index contributed by atoms with van der Waals surface area (Å²) in [5.74, 6) is 2.08. The number of nitrogens with one attached hydrogen (secondary N) is 1. The van der Waals surface area contributed by atoms with Crippen molar-refractivity contribution in [2.24, 2.45) is 0 Å². The Kier molecular flexibility index (Phi) is 3.72. The highest BCUT2D eigenvalue weighted by Gasteiger charge is 2.20. The van der Waals surface area contributed by atoms with E-state index in [1.54, 1.807) is 0 Å². The maximum atomic E-state index is 5.64. The van der Waals surface area contributed by atoms with E-state index in [-0.39, 0.29) is 0 Å². The van der Waals surface area contributed by atoms with Crippen molar-refractivity contribution >= 4 is 0 Å². The first-order valence-corrected chi connectivity index (χ1v) is 5.93. The quantitative estimate of drug-likeness (QED) is 0.826. The van der Waals surface area contributed by atoms with Crippen LogP contribution in [0.3, 0.4) is 0 Å². The molecule has 0 saturated heterocycles. The Bertz CT molecular complexity index is 292. The van der Waals surface area contributed by atoms with Crippen molar-refractivity contribution in [1.29, 1.82) is 0 Å². The van der Waals surface area contributed by atoms with Crippen LogP contribution in [-0.2, 0) is 6.54 Å². The lowest BCUT2D eigenvalue weighted by Crippen LogP contribution is -2.11. The molecule has 1 fully saturated rings. The number of rotatable bonds is 4. The van der Waals surface area contributed by atoms with Crippen LogP contribution in [0.5, 0.6) is 0 Å². The Balaban J connectivity index is 1.93. The molecule has 0 atom stereocenters. The molecule has 0 aliphatic heterocycles. The van der Waals surface area contributed by atoms with Gasteiger partial charge in [-0.25, -0.2) is 0 Å². The third-order valence-corrected chi connectivity index (χ3v) is 2.96. The summed E-state index contributed by atoms with van der Waals surface area (Å²) in [6, 6.07) is 0. The summed E-state index contributed by atoms with van der Waals surface area (Å²) in [5, 5.41) is 11.4. The molecule has 15 heavy (non-hydrogen) atoms. The molecular weight excluding hydrogens is 190 g/mol. The fourth-order valence-electron chi connectivity index (χ4n) is 2.08. The van der Waals surface area contributed by atoms with Crippen LogP contribution in [0.2, 0.25) is 0 Å². The minimum atomic E-state index is 0.515. The number of hydrogen-bond donors (Lipinski definition) is 1. The Morgan fingerprint density at radius 1 is 1.27 bits per heavy atom. The highest BCUT2D eigenvalue weighted by molar-refractivity contribution is 4.92. The highest BCUT2D eigenvalue weighted by atomic mass is 16.4. The first kappa shape index (κ1) is 10.6. The van der Waals surface area contributed by atoms with Gasteiger partial charge in [0.1, 0.15) is 0 Å². The van der Waals surface area contributed by atoms with Gasteiger partial charge >= 0.3 is 0 Å². The fourth-order valence-corrected chi connectivity index (χ4v) is 2.08. The third-order valence-electron chi connectivity index (χ3n) is 2.96. The molecule has 0 bridgehead atoms. The largest absolute Gasteiger partial charge is 0.424 e.